The van der Waals surface area contributed by atoms with Crippen molar-refractivity contribution < 1.29 is 9.13 Å². The van der Waals surface area contributed by atoms with Gasteiger partial charge in [0.15, 0.2) is 0 Å². The summed E-state index contributed by atoms with van der Waals surface area (Å²) in [5.41, 5.74) is 0. The lowest BCUT2D eigenvalue weighted by molar-refractivity contribution is 0.262. The van der Waals surface area contributed by atoms with Crippen LogP contribution < -0.4 is 0 Å². The molecule has 0 aliphatic rings. The second-order valence-electron chi connectivity index (χ2n) is 0.863. The van der Waals surface area contributed by atoms with Crippen LogP contribution in [-0.2, 0) is 4.74 Å². The zero-order valence-corrected chi connectivity index (χ0v) is 4.70. The van der Waals surface area contributed by atoms with Crippen molar-refractivity contribution >= 4 is 11.6 Å². The highest BCUT2D eigenvalue weighted by atomic mass is 35.5. The van der Waals surface area contributed by atoms with Crippen molar-refractivity contribution in [3.63, 3.8) is 0 Å². The molecule has 0 saturated heterocycles. The normalized spacial score (nSPS) is 11.6. The third kappa shape index (κ3) is 5.76. The fourth-order valence-corrected chi connectivity index (χ4v) is 0.209. The summed E-state index contributed by atoms with van der Waals surface area (Å²) >= 11 is 4.73. The monoisotopic (exact) mass is 124 g/mol. The van der Waals surface area contributed by atoms with Gasteiger partial charge in [-0.3, -0.25) is 0 Å². The molecule has 0 saturated carbocycles. The van der Waals surface area contributed by atoms with E-state index in [1.807, 2.05) is 0 Å². The lowest BCUT2D eigenvalue weighted by Gasteiger charge is -1.88. The van der Waals surface area contributed by atoms with Crippen LogP contribution in [0.25, 0.3) is 0 Å². The van der Waals surface area contributed by atoms with Gasteiger partial charge in [-0.1, -0.05) is 0 Å². The minimum Gasteiger partial charge on any atom is -0.497 e. The SMILES string of the molecule is CCO/C=C(/F)Cl. The molecule has 0 aromatic rings. The van der Waals surface area contributed by atoms with Crippen LogP contribution in [0.2, 0.25) is 0 Å². The van der Waals surface area contributed by atoms with Gasteiger partial charge >= 0.3 is 0 Å². The number of ether oxygens (including phenoxy) is 1. The highest BCUT2D eigenvalue weighted by Crippen LogP contribution is 2.00. The molecule has 0 atom stereocenters. The highest BCUT2D eigenvalue weighted by Gasteiger charge is 1.80. The fraction of sp³-hybridized carbons (Fsp3) is 0.500. The minimum atomic E-state index is -0.818. The number of rotatable bonds is 2. The predicted molar refractivity (Wildman–Crippen MR) is 26.7 cm³/mol. The maximum Gasteiger partial charge on any atom is 0.223 e. The maximum atomic E-state index is 11.4. The first-order chi connectivity index (χ1) is 3.27. The Morgan fingerprint density at radius 2 is 2.57 bits per heavy atom. The van der Waals surface area contributed by atoms with Crippen molar-refractivity contribution in [1.29, 1.82) is 0 Å². The Balaban J connectivity index is 3.08. The van der Waals surface area contributed by atoms with Crippen molar-refractivity contribution in [3.8, 4) is 0 Å². The molecule has 0 aromatic heterocycles. The fourth-order valence-electron chi connectivity index (χ4n) is 0.146. The summed E-state index contributed by atoms with van der Waals surface area (Å²) in [7, 11) is 0. The van der Waals surface area contributed by atoms with E-state index in [-0.39, 0.29) is 0 Å². The molecule has 0 radical (unpaired) electrons. The summed E-state index contributed by atoms with van der Waals surface area (Å²) in [4.78, 5) is 0. The van der Waals surface area contributed by atoms with Crippen molar-refractivity contribution in [2.75, 3.05) is 6.61 Å². The maximum absolute atomic E-state index is 11.4. The molecule has 3 heteroatoms. The third-order valence-electron chi connectivity index (χ3n) is 0.339. The van der Waals surface area contributed by atoms with Gasteiger partial charge in [0, 0.05) is 0 Å². The molecular weight excluding hydrogens is 118 g/mol. The van der Waals surface area contributed by atoms with E-state index in [2.05, 4.69) is 4.74 Å². The quantitative estimate of drug-likeness (QED) is 0.512. The molecular formula is C4H6ClFO. The first kappa shape index (κ1) is 6.76. The summed E-state index contributed by atoms with van der Waals surface area (Å²) in [5.74, 6) is 0. The van der Waals surface area contributed by atoms with E-state index in [0.717, 1.165) is 6.26 Å². The van der Waals surface area contributed by atoms with Crippen LogP contribution in [0.3, 0.4) is 0 Å². The first-order valence-corrected chi connectivity index (χ1v) is 2.28. The van der Waals surface area contributed by atoms with Crippen molar-refractivity contribution in [3.05, 3.63) is 11.5 Å². The largest absolute Gasteiger partial charge is 0.497 e. The van der Waals surface area contributed by atoms with Gasteiger partial charge in [-0.25, -0.2) is 0 Å². The van der Waals surface area contributed by atoms with E-state index in [4.69, 9.17) is 11.6 Å². The Kier molecular flexibility index (Phi) is 3.80. The van der Waals surface area contributed by atoms with Crippen LogP contribution in [0.15, 0.2) is 11.5 Å². The third-order valence-corrected chi connectivity index (χ3v) is 0.428. The molecule has 0 spiro atoms. The van der Waals surface area contributed by atoms with E-state index in [0.29, 0.717) is 6.61 Å². The number of hydrogen-bond acceptors (Lipinski definition) is 1. The van der Waals surface area contributed by atoms with Crippen LogP contribution in [0.5, 0.6) is 0 Å². The van der Waals surface area contributed by atoms with Gasteiger partial charge in [-0.2, -0.15) is 4.39 Å². The Hall–Kier alpha value is -0.240. The molecule has 0 unspecified atom stereocenters. The van der Waals surface area contributed by atoms with E-state index < -0.39 is 5.29 Å². The van der Waals surface area contributed by atoms with Crippen molar-refractivity contribution in [1.82, 2.24) is 0 Å². The van der Waals surface area contributed by atoms with Gasteiger partial charge in [0.1, 0.15) is 6.26 Å². The van der Waals surface area contributed by atoms with E-state index in [1.165, 1.54) is 0 Å². The van der Waals surface area contributed by atoms with Gasteiger partial charge < -0.3 is 4.74 Å². The number of hydrogen-bond donors (Lipinski definition) is 0. The van der Waals surface area contributed by atoms with Gasteiger partial charge in [-0.15, -0.1) is 0 Å². The average Bonchev–Trinajstić information content (AvgIpc) is 1.61. The van der Waals surface area contributed by atoms with Crippen LogP contribution in [-0.4, -0.2) is 6.61 Å². The van der Waals surface area contributed by atoms with Gasteiger partial charge in [-0.05, 0) is 18.5 Å². The molecule has 0 heterocycles. The Bertz CT molecular complexity index is 68.1. The molecule has 7 heavy (non-hydrogen) atoms. The van der Waals surface area contributed by atoms with E-state index in [9.17, 15) is 4.39 Å². The second kappa shape index (κ2) is 3.93. The van der Waals surface area contributed by atoms with Crippen LogP contribution in [0.4, 0.5) is 4.39 Å². The summed E-state index contributed by atoms with van der Waals surface area (Å²) in [5, 5.41) is -0.818. The zero-order valence-electron chi connectivity index (χ0n) is 3.95. The van der Waals surface area contributed by atoms with Crippen molar-refractivity contribution in [2.45, 2.75) is 6.92 Å². The van der Waals surface area contributed by atoms with Crippen LogP contribution >= 0.6 is 11.6 Å². The highest BCUT2D eigenvalue weighted by molar-refractivity contribution is 6.27. The Labute approximate surface area is 46.7 Å². The molecule has 0 amide bonds. The van der Waals surface area contributed by atoms with Crippen molar-refractivity contribution in [2.24, 2.45) is 0 Å². The smallest absolute Gasteiger partial charge is 0.223 e. The Morgan fingerprint density at radius 1 is 2.00 bits per heavy atom. The molecule has 0 fully saturated rings. The molecule has 0 aliphatic heterocycles. The van der Waals surface area contributed by atoms with E-state index in [1.54, 1.807) is 6.92 Å². The molecule has 0 N–H and O–H groups in total. The van der Waals surface area contributed by atoms with E-state index >= 15 is 0 Å². The number of halogens is 2. The van der Waals surface area contributed by atoms with Crippen LogP contribution in [0, 0.1) is 0 Å². The lowest BCUT2D eigenvalue weighted by Crippen LogP contribution is -1.75. The second-order valence-corrected chi connectivity index (χ2v) is 1.22. The summed E-state index contributed by atoms with van der Waals surface area (Å²) in [6.45, 7) is 2.19. The lowest BCUT2D eigenvalue weighted by atomic mass is 10.9. The average molecular weight is 125 g/mol. The molecule has 0 aliphatic carbocycles. The minimum absolute atomic E-state index is 0.445. The Morgan fingerprint density at radius 3 is 2.71 bits per heavy atom. The molecule has 0 bridgehead atoms. The van der Waals surface area contributed by atoms with Gasteiger partial charge in [0.25, 0.3) is 0 Å². The summed E-state index contributed by atoms with van der Waals surface area (Å²) < 4.78 is 15.8. The molecule has 1 nitrogen and oxygen atoms in total. The molecule has 0 aromatic carbocycles. The first-order valence-electron chi connectivity index (χ1n) is 1.90. The predicted octanol–water partition coefficient (Wildman–Crippen LogP) is 2.03. The standard InChI is InChI=1S/C4H6ClFO/c1-2-7-3-4(5)6/h3H,2H2,1H3/b4-3+. The molecule has 42 valence electrons. The zero-order chi connectivity index (χ0) is 5.70. The van der Waals surface area contributed by atoms with Crippen LogP contribution in [0.1, 0.15) is 6.92 Å². The summed E-state index contributed by atoms with van der Waals surface area (Å²) in [6, 6.07) is 0. The van der Waals surface area contributed by atoms with Gasteiger partial charge in [0.2, 0.25) is 5.29 Å². The molecule has 0 rings (SSSR count). The summed E-state index contributed by atoms with van der Waals surface area (Å²) in [6.07, 6.45) is 0.863. The topological polar surface area (TPSA) is 9.23 Å². The van der Waals surface area contributed by atoms with Gasteiger partial charge in [0.05, 0.1) is 6.61 Å².